The minimum atomic E-state index is -0.709. The molecule has 0 aromatic carbocycles. The van der Waals surface area contributed by atoms with E-state index in [1.54, 1.807) is 0 Å². The molecule has 0 saturated carbocycles. The highest BCUT2D eigenvalue weighted by atomic mass is 16.7. The van der Waals surface area contributed by atoms with Crippen LogP contribution in [0.25, 0.3) is 0 Å². The lowest BCUT2D eigenvalue weighted by Gasteiger charge is -2.34. The Morgan fingerprint density at radius 3 is 2.27 bits per heavy atom. The second-order valence-electron chi connectivity index (χ2n) is 5.04. The van der Waals surface area contributed by atoms with E-state index in [9.17, 15) is 10.0 Å². The minimum absolute atomic E-state index is 0.370. The van der Waals surface area contributed by atoms with Gasteiger partial charge in [-0.15, -0.1) is 0 Å². The molecule has 88 valence electrons. The normalized spacial score (nSPS) is 28.8. The summed E-state index contributed by atoms with van der Waals surface area (Å²) in [6.45, 7) is 7.45. The molecule has 0 aliphatic carbocycles. The maximum atomic E-state index is 11.0. The monoisotopic (exact) mass is 217 g/mol. The van der Waals surface area contributed by atoms with Gasteiger partial charge in [-0.1, -0.05) is 0 Å². The molecule has 1 aliphatic rings. The zero-order valence-electron chi connectivity index (χ0n) is 9.90. The fraction of sp³-hybridized carbons (Fsp3) is 0.900. The van der Waals surface area contributed by atoms with Crippen LogP contribution in [-0.4, -0.2) is 40.7 Å². The topological polar surface area (TPSA) is 59.0 Å². The molecule has 1 rings (SSSR count). The molecular weight excluding hydrogens is 198 g/mol. The summed E-state index contributed by atoms with van der Waals surface area (Å²) in [5.41, 5.74) is -1.00. The Balaban J connectivity index is 2.80. The van der Waals surface area contributed by atoms with Crippen LogP contribution in [0.1, 0.15) is 34.1 Å². The predicted octanol–water partition coefficient (Wildman–Crippen LogP) is 1.79. The number of methoxy groups -OCH3 is 1. The molecule has 15 heavy (non-hydrogen) atoms. The van der Waals surface area contributed by atoms with Crippen LogP contribution in [0.2, 0.25) is 0 Å². The molecular formula is C10H19NO4. The van der Waals surface area contributed by atoms with E-state index in [4.69, 9.17) is 4.74 Å². The third-order valence-corrected chi connectivity index (χ3v) is 3.00. The molecule has 0 amide bonds. The van der Waals surface area contributed by atoms with Crippen molar-refractivity contribution in [1.29, 1.82) is 0 Å². The number of ether oxygens (including phenoxy) is 2. The molecule has 1 heterocycles. The summed E-state index contributed by atoms with van der Waals surface area (Å²) in [5.74, 6) is 0. The summed E-state index contributed by atoms with van der Waals surface area (Å²) >= 11 is 0. The first-order chi connectivity index (χ1) is 6.71. The van der Waals surface area contributed by atoms with Crippen LogP contribution in [0.4, 0.5) is 4.79 Å². The van der Waals surface area contributed by atoms with Gasteiger partial charge in [0, 0.05) is 12.0 Å². The Morgan fingerprint density at radius 1 is 1.40 bits per heavy atom. The van der Waals surface area contributed by atoms with E-state index in [1.165, 1.54) is 12.2 Å². The highest BCUT2D eigenvalue weighted by Gasteiger charge is 2.53. The zero-order valence-corrected chi connectivity index (χ0v) is 9.90. The molecule has 0 spiro atoms. The van der Waals surface area contributed by atoms with Gasteiger partial charge in [-0.05, 0) is 27.7 Å². The number of hydrogen-bond acceptors (Lipinski definition) is 5. The summed E-state index contributed by atoms with van der Waals surface area (Å²) < 4.78 is 9.57. The SMILES string of the molecule is COC(=O)OC1CC(C)(C)N(O)C1(C)C. The number of nitrogens with zero attached hydrogens (tertiary/aromatic N) is 1. The zero-order chi connectivity index (χ0) is 11.9. The fourth-order valence-electron chi connectivity index (χ4n) is 2.06. The van der Waals surface area contributed by atoms with Crippen LogP contribution in [-0.2, 0) is 9.47 Å². The van der Waals surface area contributed by atoms with Crippen molar-refractivity contribution in [2.75, 3.05) is 7.11 Å². The third-order valence-electron chi connectivity index (χ3n) is 3.00. The smallest absolute Gasteiger partial charge is 0.438 e. The first-order valence-electron chi connectivity index (χ1n) is 4.95. The van der Waals surface area contributed by atoms with Gasteiger partial charge in [0.2, 0.25) is 0 Å². The maximum absolute atomic E-state index is 11.0. The largest absolute Gasteiger partial charge is 0.508 e. The Morgan fingerprint density at radius 2 is 1.93 bits per heavy atom. The van der Waals surface area contributed by atoms with Crippen molar-refractivity contribution in [3.63, 3.8) is 0 Å². The molecule has 5 heteroatoms. The van der Waals surface area contributed by atoms with E-state index in [0.717, 1.165) is 0 Å². The summed E-state index contributed by atoms with van der Waals surface area (Å²) in [6.07, 6.45) is -0.505. The van der Waals surface area contributed by atoms with Crippen LogP contribution < -0.4 is 0 Å². The van der Waals surface area contributed by atoms with Crippen molar-refractivity contribution < 1.29 is 19.5 Å². The van der Waals surface area contributed by atoms with E-state index < -0.39 is 17.2 Å². The Kier molecular flexibility index (Phi) is 2.98. The second kappa shape index (κ2) is 3.64. The molecule has 1 atom stereocenters. The number of carbonyl (C=O) groups excluding carboxylic acids is 1. The lowest BCUT2D eigenvalue weighted by Crippen LogP contribution is -2.49. The average molecular weight is 217 g/mol. The summed E-state index contributed by atoms with van der Waals surface area (Å²) in [7, 11) is 1.27. The van der Waals surface area contributed by atoms with E-state index in [2.05, 4.69) is 4.74 Å². The Bertz CT molecular complexity index is 262. The molecule has 1 aliphatic heterocycles. The molecule has 0 radical (unpaired) electrons. The van der Waals surface area contributed by atoms with Crippen LogP contribution in [0, 0.1) is 0 Å². The van der Waals surface area contributed by atoms with Crippen molar-refractivity contribution >= 4 is 6.16 Å². The van der Waals surface area contributed by atoms with E-state index >= 15 is 0 Å². The summed E-state index contributed by atoms with van der Waals surface area (Å²) in [6, 6.07) is 0. The number of hydroxylamine groups is 2. The van der Waals surface area contributed by atoms with Gasteiger partial charge in [0.1, 0.15) is 6.10 Å². The number of carbonyl (C=O) groups is 1. The molecule has 1 fully saturated rings. The van der Waals surface area contributed by atoms with Gasteiger partial charge in [-0.2, -0.15) is 5.06 Å². The number of hydrogen-bond donors (Lipinski definition) is 1. The average Bonchev–Trinajstić information content (AvgIpc) is 2.27. The Labute approximate surface area is 89.9 Å². The van der Waals surface area contributed by atoms with Crippen molar-refractivity contribution in [3.05, 3.63) is 0 Å². The highest BCUT2D eigenvalue weighted by Crippen LogP contribution is 2.40. The molecule has 5 nitrogen and oxygen atoms in total. The summed E-state index contributed by atoms with van der Waals surface area (Å²) in [5, 5.41) is 11.2. The van der Waals surface area contributed by atoms with Gasteiger partial charge in [0.25, 0.3) is 0 Å². The summed E-state index contributed by atoms with van der Waals surface area (Å²) in [4.78, 5) is 11.0. The van der Waals surface area contributed by atoms with Gasteiger partial charge in [-0.3, -0.25) is 0 Å². The van der Waals surface area contributed by atoms with E-state index in [0.29, 0.717) is 6.42 Å². The highest BCUT2D eigenvalue weighted by molar-refractivity contribution is 5.60. The molecule has 1 unspecified atom stereocenters. The quantitative estimate of drug-likeness (QED) is 0.678. The standard InChI is InChI=1S/C10H19NO4/c1-9(2)6-7(15-8(12)14-5)10(3,4)11(9)13/h7,13H,6H2,1-5H3. The maximum Gasteiger partial charge on any atom is 0.508 e. The third kappa shape index (κ3) is 2.08. The van der Waals surface area contributed by atoms with Crippen molar-refractivity contribution in [3.8, 4) is 0 Å². The molecule has 0 aromatic heterocycles. The van der Waals surface area contributed by atoms with Crippen molar-refractivity contribution in [2.24, 2.45) is 0 Å². The van der Waals surface area contributed by atoms with E-state index in [1.807, 2.05) is 27.7 Å². The van der Waals surface area contributed by atoms with Crippen LogP contribution in [0.5, 0.6) is 0 Å². The number of rotatable bonds is 1. The van der Waals surface area contributed by atoms with Crippen LogP contribution >= 0.6 is 0 Å². The van der Waals surface area contributed by atoms with Gasteiger partial charge in [-0.25, -0.2) is 4.79 Å². The molecule has 1 saturated heterocycles. The first kappa shape index (κ1) is 12.3. The lowest BCUT2D eigenvalue weighted by atomic mass is 9.97. The molecule has 0 bridgehead atoms. The van der Waals surface area contributed by atoms with Gasteiger partial charge in [0.05, 0.1) is 12.6 Å². The predicted molar refractivity (Wildman–Crippen MR) is 53.7 cm³/mol. The van der Waals surface area contributed by atoms with Gasteiger partial charge in [0.15, 0.2) is 0 Å². The first-order valence-corrected chi connectivity index (χ1v) is 4.95. The molecule has 1 N–H and O–H groups in total. The molecule has 0 aromatic rings. The van der Waals surface area contributed by atoms with Crippen molar-refractivity contribution in [2.45, 2.75) is 51.3 Å². The lowest BCUT2D eigenvalue weighted by molar-refractivity contribution is -0.201. The van der Waals surface area contributed by atoms with Crippen LogP contribution in [0.15, 0.2) is 0 Å². The minimum Gasteiger partial charge on any atom is -0.438 e. The van der Waals surface area contributed by atoms with Crippen molar-refractivity contribution in [1.82, 2.24) is 5.06 Å². The van der Waals surface area contributed by atoms with E-state index in [-0.39, 0.29) is 6.10 Å². The van der Waals surface area contributed by atoms with Gasteiger partial charge < -0.3 is 14.7 Å². The van der Waals surface area contributed by atoms with Gasteiger partial charge >= 0.3 is 6.16 Å². The second-order valence-corrected chi connectivity index (χ2v) is 5.04. The Hall–Kier alpha value is -0.810. The van der Waals surface area contributed by atoms with Crippen LogP contribution in [0.3, 0.4) is 0 Å². The fourth-order valence-corrected chi connectivity index (χ4v) is 2.06.